The average molecular weight is 327 g/mol. The van der Waals surface area contributed by atoms with Gasteiger partial charge in [0.1, 0.15) is 5.92 Å². The maximum absolute atomic E-state index is 11.6. The van der Waals surface area contributed by atoms with E-state index in [1.165, 1.54) is 0 Å². The number of rotatable bonds is 7. The molecule has 0 aromatic carbocycles. The Morgan fingerprint density at radius 2 is 2.05 bits per heavy atom. The minimum absolute atomic E-state index is 0.0744. The summed E-state index contributed by atoms with van der Waals surface area (Å²) in [5.74, 6) is -1.21. The van der Waals surface area contributed by atoms with Crippen LogP contribution in [0.25, 0.3) is 0 Å². The van der Waals surface area contributed by atoms with Gasteiger partial charge >= 0.3 is 5.97 Å². The van der Waals surface area contributed by atoms with Crippen molar-refractivity contribution >= 4 is 14.3 Å². The Morgan fingerprint density at radius 3 is 2.45 bits per heavy atom. The average Bonchev–Trinajstić information content (AvgIpc) is 2.73. The molecule has 1 heterocycles. The van der Waals surface area contributed by atoms with Crippen LogP contribution in [0.2, 0.25) is 18.1 Å². The molecule has 0 aliphatic rings. The number of aromatic nitrogens is 1. The van der Waals surface area contributed by atoms with Crippen molar-refractivity contribution in [3.8, 4) is 0 Å². The summed E-state index contributed by atoms with van der Waals surface area (Å²) in [5.41, 5.74) is 0.700. The number of aliphatic carboxylic acids is 1. The predicted octanol–water partition coefficient (Wildman–Crippen LogP) is 4.20. The van der Waals surface area contributed by atoms with Crippen molar-refractivity contribution in [2.24, 2.45) is 5.92 Å². The zero-order valence-electron chi connectivity index (χ0n) is 14.8. The van der Waals surface area contributed by atoms with Crippen LogP contribution in [0, 0.1) is 12.8 Å². The molecule has 22 heavy (non-hydrogen) atoms. The van der Waals surface area contributed by atoms with E-state index in [0.717, 1.165) is 0 Å². The highest BCUT2D eigenvalue weighted by molar-refractivity contribution is 6.74. The van der Waals surface area contributed by atoms with Gasteiger partial charge in [-0.05, 0) is 37.4 Å². The Kier molecular flexibility index (Phi) is 5.98. The summed E-state index contributed by atoms with van der Waals surface area (Å²) >= 11 is 0. The second-order valence-electron chi connectivity index (χ2n) is 7.56. The van der Waals surface area contributed by atoms with Crippen molar-refractivity contribution in [3.63, 3.8) is 0 Å². The topological polar surface area (TPSA) is 72.6 Å². The minimum Gasteiger partial charge on any atom is -0.481 e. The highest BCUT2D eigenvalue weighted by Crippen LogP contribution is 2.37. The lowest BCUT2D eigenvalue weighted by molar-refractivity contribution is -0.140. The van der Waals surface area contributed by atoms with Crippen molar-refractivity contribution in [2.45, 2.75) is 65.1 Å². The van der Waals surface area contributed by atoms with Gasteiger partial charge in [0.15, 0.2) is 14.1 Å². The second-order valence-corrected chi connectivity index (χ2v) is 12.4. The largest absolute Gasteiger partial charge is 0.481 e. The van der Waals surface area contributed by atoms with E-state index in [1.807, 2.05) is 6.92 Å². The van der Waals surface area contributed by atoms with Gasteiger partial charge in [0.05, 0.1) is 5.69 Å². The standard InChI is InChI=1S/C16H29NO4Si/c1-11(8-9-20-22(6,7)16(3,4)5)14(15(18)19)13-10-12(2)17-21-13/h10-11,14H,8-9H2,1-7H3,(H,18,19). The van der Waals surface area contributed by atoms with Crippen LogP contribution in [0.15, 0.2) is 10.6 Å². The molecule has 0 aliphatic heterocycles. The molecule has 0 radical (unpaired) electrons. The summed E-state index contributed by atoms with van der Waals surface area (Å²) in [6.07, 6.45) is 0.684. The van der Waals surface area contributed by atoms with Crippen LogP contribution < -0.4 is 0 Å². The van der Waals surface area contributed by atoms with Gasteiger partial charge in [0.2, 0.25) is 0 Å². The monoisotopic (exact) mass is 327 g/mol. The van der Waals surface area contributed by atoms with Gasteiger partial charge in [-0.15, -0.1) is 0 Å². The fourth-order valence-corrected chi connectivity index (χ4v) is 3.12. The maximum Gasteiger partial charge on any atom is 0.314 e. The third-order valence-electron chi connectivity index (χ3n) is 4.63. The minimum atomic E-state index is -1.79. The van der Waals surface area contributed by atoms with E-state index in [2.05, 4.69) is 39.0 Å². The Bertz CT molecular complexity index is 504. The molecule has 0 fully saturated rings. The zero-order valence-corrected chi connectivity index (χ0v) is 15.8. The van der Waals surface area contributed by atoms with Crippen molar-refractivity contribution in [1.82, 2.24) is 5.16 Å². The van der Waals surface area contributed by atoms with Gasteiger partial charge in [-0.3, -0.25) is 4.79 Å². The Labute approximate surface area is 134 Å². The van der Waals surface area contributed by atoms with Crippen LogP contribution in [-0.2, 0) is 9.22 Å². The highest BCUT2D eigenvalue weighted by atomic mass is 28.4. The predicted molar refractivity (Wildman–Crippen MR) is 88.5 cm³/mol. The maximum atomic E-state index is 11.6. The molecule has 2 unspecified atom stereocenters. The van der Waals surface area contributed by atoms with Gasteiger partial charge < -0.3 is 14.1 Å². The van der Waals surface area contributed by atoms with Crippen molar-refractivity contribution in [3.05, 3.63) is 17.5 Å². The van der Waals surface area contributed by atoms with Crippen LogP contribution in [0.5, 0.6) is 0 Å². The number of carboxylic acid groups (broad SMARTS) is 1. The van der Waals surface area contributed by atoms with Gasteiger partial charge in [0.25, 0.3) is 0 Å². The summed E-state index contributed by atoms with van der Waals surface area (Å²) in [6, 6.07) is 1.70. The van der Waals surface area contributed by atoms with Crippen LogP contribution in [0.4, 0.5) is 0 Å². The summed E-state index contributed by atoms with van der Waals surface area (Å²) in [6.45, 7) is 15.3. The quantitative estimate of drug-likeness (QED) is 0.760. The third kappa shape index (κ3) is 4.68. The Balaban J connectivity index is 2.66. The molecule has 0 amide bonds. The molecule has 1 aromatic heterocycles. The van der Waals surface area contributed by atoms with Crippen molar-refractivity contribution < 1.29 is 18.9 Å². The fraction of sp³-hybridized carbons (Fsp3) is 0.750. The number of carbonyl (C=O) groups is 1. The second kappa shape index (κ2) is 6.96. The highest BCUT2D eigenvalue weighted by Gasteiger charge is 2.37. The van der Waals surface area contributed by atoms with Crippen LogP contribution in [0.3, 0.4) is 0 Å². The Hall–Kier alpha value is -1.14. The van der Waals surface area contributed by atoms with Crippen LogP contribution >= 0.6 is 0 Å². The van der Waals surface area contributed by atoms with Gasteiger partial charge in [0, 0.05) is 12.7 Å². The summed E-state index contributed by atoms with van der Waals surface area (Å²) in [5, 5.41) is 13.4. The Morgan fingerprint density at radius 1 is 1.45 bits per heavy atom. The molecular formula is C16H29NO4Si. The van der Waals surface area contributed by atoms with E-state index in [9.17, 15) is 9.90 Å². The van der Waals surface area contributed by atoms with Crippen LogP contribution in [-0.4, -0.2) is 31.2 Å². The lowest BCUT2D eigenvalue weighted by Gasteiger charge is -2.36. The van der Waals surface area contributed by atoms with Gasteiger partial charge in [-0.1, -0.05) is 32.9 Å². The molecule has 0 saturated heterocycles. The summed E-state index contributed by atoms with van der Waals surface area (Å²) < 4.78 is 11.3. The first kappa shape index (κ1) is 18.9. The lowest BCUT2D eigenvalue weighted by atomic mass is 9.89. The molecule has 5 nitrogen and oxygen atoms in total. The summed E-state index contributed by atoms with van der Waals surface area (Å²) in [4.78, 5) is 11.6. The third-order valence-corrected chi connectivity index (χ3v) is 9.17. The number of nitrogens with zero attached hydrogens (tertiary/aromatic N) is 1. The molecule has 2 atom stereocenters. The lowest BCUT2D eigenvalue weighted by Crippen LogP contribution is -2.41. The van der Waals surface area contributed by atoms with E-state index in [0.29, 0.717) is 24.5 Å². The smallest absolute Gasteiger partial charge is 0.314 e. The number of hydrogen-bond acceptors (Lipinski definition) is 4. The fourth-order valence-electron chi connectivity index (χ4n) is 2.06. The van der Waals surface area contributed by atoms with Gasteiger partial charge in [-0.2, -0.15) is 0 Å². The summed E-state index contributed by atoms with van der Waals surface area (Å²) in [7, 11) is -1.79. The van der Waals surface area contributed by atoms with Crippen LogP contribution in [0.1, 0.15) is 51.5 Å². The van der Waals surface area contributed by atoms with Crippen molar-refractivity contribution in [1.29, 1.82) is 0 Å². The van der Waals surface area contributed by atoms with E-state index in [4.69, 9.17) is 8.95 Å². The molecule has 0 saturated carbocycles. The van der Waals surface area contributed by atoms with Crippen molar-refractivity contribution in [2.75, 3.05) is 6.61 Å². The van der Waals surface area contributed by atoms with E-state index >= 15 is 0 Å². The van der Waals surface area contributed by atoms with Gasteiger partial charge in [-0.25, -0.2) is 0 Å². The molecule has 1 N–H and O–H groups in total. The zero-order chi connectivity index (χ0) is 17.1. The first-order chi connectivity index (χ1) is 9.95. The van der Waals surface area contributed by atoms with E-state index < -0.39 is 20.2 Å². The number of hydrogen-bond donors (Lipinski definition) is 1. The molecule has 0 spiro atoms. The molecule has 0 aliphatic carbocycles. The molecule has 1 aromatic rings. The molecular weight excluding hydrogens is 298 g/mol. The molecule has 6 heteroatoms. The van der Waals surface area contributed by atoms with E-state index in [1.54, 1.807) is 13.0 Å². The normalized spacial score (nSPS) is 15.6. The molecule has 1 rings (SSSR count). The number of aryl methyl sites for hydroxylation is 1. The number of carboxylic acids is 1. The SMILES string of the molecule is Cc1cc(C(C(=O)O)C(C)CCO[Si](C)(C)C(C)(C)C)on1. The first-order valence-electron chi connectivity index (χ1n) is 7.75. The van der Waals surface area contributed by atoms with E-state index in [-0.39, 0.29) is 11.0 Å². The first-order valence-corrected chi connectivity index (χ1v) is 10.7. The molecule has 0 bridgehead atoms. The molecule has 126 valence electrons.